The third kappa shape index (κ3) is 2.15. The maximum atomic E-state index is 12.1. The van der Waals surface area contributed by atoms with Crippen molar-refractivity contribution in [2.24, 2.45) is 5.92 Å². The number of aromatic nitrogens is 1. The van der Waals surface area contributed by atoms with E-state index < -0.39 is 0 Å². The lowest BCUT2D eigenvalue weighted by Crippen LogP contribution is -2.34. The first-order valence-corrected chi connectivity index (χ1v) is 5.60. The quantitative estimate of drug-likeness (QED) is 0.825. The van der Waals surface area contributed by atoms with Gasteiger partial charge in [0.1, 0.15) is 5.78 Å². The molecule has 1 aliphatic rings. The number of nitrogens with zero attached hydrogens (tertiary/aromatic N) is 1. The normalized spacial score (nSPS) is 17.4. The Morgan fingerprint density at radius 3 is 2.69 bits per heavy atom. The highest BCUT2D eigenvalue weighted by molar-refractivity contribution is 5.95. The fourth-order valence-corrected chi connectivity index (χ4v) is 2.11. The van der Waals surface area contributed by atoms with E-state index in [0.717, 1.165) is 5.69 Å². The lowest BCUT2D eigenvalue weighted by atomic mass is 9.87. The van der Waals surface area contributed by atoms with Crippen LogP contribution in [0.1, 0.15) is 25.7 Å². The second-order valence-corrected chi connectivity index (χ2v) is 4.28. The van der Waals surface area contributed by atoms with E-state index in [1.54, 1.807) is 24.3 Å². The van der Waals surface area contributed by atoms with Crippen molar-refractivity contribution in [3.05, 3.63) is 18.5 Å². The van der Waals surface area contributed by atoms with Crippen molar-refractivity contribution in [3.8, 4) is 0 Å². The summed E-state index contributed by atoms with van der Waals surface area (Å²) < 4.78 is 0. The molecule has 0 unspecified atom stereocenters. The zero-order valence-electron chi connectivity index (χ0n) is 9.40. The summed E-state index contributed by atoms with van der Waals surface area (Å²) in [7, 11) is 1.78. The Morgan fingerprint density at radius 2 is 2.12 bits per heavy atom. The number of rotatable bonds is 2. The minimum atomic E-state index is 0.0117. The molecule has 1 aliphatic carbocycles. The summed E-state index contributed by atoms with van der Waals surface area (Å²) in [5.74, 6) is 0.415. The number of Topliss-reactive ketones (excluding diaryl/α,β-unsaturated/α-hetero) is 1. The van der Waals surface area contributed by atoms with E-state index in [-0.39, 0.29) is 17.6 Å². The van der Waals surface area contributed by atoms with Crippen LogP contribution in [0.3, 0.4) is 0 Å². The van der Waals surface area contributed by atoms with Crippen LogP contribution in [0.15, 0.2) is 18.5 Å². The molecule has 4 nitrogen and oxygen atoms in total. The van der Waals surface area contributed by atoms with E-state index in [9.17, 15) is 9.59 Å². The Morgan fingerprint density at radius 1 is 1.44 bits per heavy atom. The molecule has 0 radical (unpaired) electrons. The molecule has 0 aliphatic heterocycles. The molecular formula is C12H16N2O2. The topological polar surface area (TPSA) is 53.2 Å². The second kappa shape index (κ2) is 4.51. The molecule has 1 saturated carbocycles. The Labute approximate surface area is 94.6 Å². The summed E-state index contributed by atoms with van der Waals surface area (Å²) in [4.78, 5) is 27.8. The Balaban J connectivity index is 2.00. The van der Waals surface area contributed by atoms with Crippen molar-refractivity contribution in [3.63, 3.8) is 0 Å². The van der Waals surface area contributed by atoms with Crippen LogP contribution >= 0.6 is 0 Å². The molecule has 1 amide bonds. The van der Waals surface area contributed by atoms with E-state index in [0.29, 0.717) is 25.7 Å². The molecule has 1 heterocycles. The summed E-state index contributed by atoms with van der Waals surface area (Å²) in [5, 5.41) is 0. The number of aromatic amines is 1. The molecule has 16 heavy (non-hydrogen) atoms. The van der Waals surface area contributed by atoms with Crippen molar-refractivity contribution in [2.75, 3.05) is 11.9 Å². The van der Waals surface area contributed by atoms with Gasteiger partial charge in [-0.25, -0.2) is 0 Å². The maximum absolute atomic E-state index is 12.1. The van der Waals surface area contributed by atoms with Crippen LogP contribution in [0.4, 0.5) is 5.69 Å². The van der Waals surface area contributed by atoms with Crippen molar-refractivity contribution in [1.82, 2.24) is 4.98 Å². The van der Waals surface area contributed by atoms with Crippen molar-refractivity contribution in [1.29, 1.82) is 0 Å². The van der Waals surface area contributed by atoms with Gasteiger partial charge in [0.25, 0.3) is 0 Å². The van der Waals surface area contributed by atoms with Gasteiger partial charge in [0, 0.05) is 38.2 Å². The van der Waals surface area contributed by atoms with E-state index in [2.05, 4.69) is 4.98 Å². The standard InChI is InChI=1S/C12H16N2O2/c1-14(10-6-7-13-8-10)12(16)9-2-4-11(15)5-3-9/h6-9,13H,2-5H2,1H3. The van der Waals surface area contributed by atoms with Crippen molar-refractivity contribution < 1.29 is 9.59 Å². The van der Waals surface area contributed by atoms with Crippen LogP contribution < -0.4 is 4.90 Å². The molecule has 0 atom stereocenters. The molecule has 0 bridgehead atoms. The molecule has 2 rings (SSSR count). The van der Waals surface area contributed by atoms with Crippen LogP contribution in [0.5, 0.6) is 0 Å². The minimum Gasteiger partial charge on any atom is -0.366 e. The van der Waals surface area contributed by atoms with E-state index in [1.807, 2.05) is 6.07 Å². The van der Waals surface area contributed by atoms with Gasteiger partial charge in [-0.15, -0.1) is 0 Å². The van der Waals surface area contributed by atoms with Gasteiger partial charge >= 0.3 is 0 Å². The molecule has 1 aromatic heterocycles. The molecule has 86 valence electrons. The molecule has 0 saturated heterocycles. The van der Waals surface area contributed by atoms with Crippen LogP contribution in [0.25, 0.3) is 0 Å². The average Bonchev–Trinajstić information content (AvgIpc) is 2.81. The third-order valence-electron chi connectivity index (χ3n) is 3.19. The lowest BCUT2D eigenvalue weighted by molar-refractivity contribution is -0.126. The van der Waals surface area contributed by atoms with Crippen LogP contribution in [-0.4, -0.2) is 23.7 Å². The number of carbonyl (C=O) groups is 2. The monoisotopic (exact) mass is 220 g/mol. The molecule has 1 fully saturated rings. The SMILES string of the molecule is CN(C(=O)C1CCC(=O)CC1)c1cc[nH]c1. The minimum absolute atomic E-state index is 0.0117. The Bertz CT molecular complexity index is 374. The number of ketones is 1. The van der Waals surface area contributed by atoms with E-state index in [1.165, 1.54) is 0 Å². The zero-order chi connectivity index (χ0) is 11.5. The third-order valence-corrected chi connectivity index (χ3v) is 3.19. The van der Waals surface area contributed by atoms with E-state index in [4.69, 9.17) is 0 Å². The fourth-order valence-electron chi connectivity index (χ4n) is 2.11. The van der Waals surface area contributed by atoms with Crippen LogP contribution in [-0.2, 0) is 9.59 Å². The maximum Gasteiger partial charge on any atom is 0.229 e. The number of amides is 1. The van der Waals surface area contributed by atoms with Gasteiger partial charge < -0.3 is 9.88 Å². The van der Waals surface area contributed by atoms with Crippen LogP contribution in [0, 0.1) is 5.92 Å². The van der Waals surface area contributed by atoms with Gasteiger partial charge in [-0.3, -0.25) is 9.59 Å². The summed E-state index contributed by atoms with van der Waals surface area (Å²) in [6.07, 6.45) is 6.10. The molecule has 4 heteroatoms. The lowest BCUT2D eigenvalue weighted by Gasteiger charge is -2.25. The van der Waals surface area contributed by atoms with Crippen molar-refractivity contribution in [2.45, 2.75) is 25.7 Å². The summed E-state index contributed by atoms with van der Waals surface area (Å²) >= 11 is 0. The first-order valence-electron chi connectivity index (χ1n) is 5.60. The first kappa shape index (κ1) is 10.9. The zero-order valence-corrected chi connectivity index (χ0v) is 9.40. The predicted octanol–water partition coefficient (Wildman–Crippen LogP) is 1.74. The number of carbonyl (C=O) groups excluding carboxylic acids is 2. The molecule has 0 aromatic carbocycles. The summed E-state index contributed by atoms with van der Waals surface area (Å²) in [5.41, 5.74) is 0.877. The van der Waals surface area contributed by atoms with Gasteiger partial charge in [-0.05, 0) is 18.9 Å². The Hall–Kier alpha value is -1.58. The highest BCUT2D eigenvalue weighted by Gasteiger charge is 2.27. The fraction of sp³-hybridized carbons (Fsp3) is 0.500. The molecule has 0 spiro atoms. The number of anilines is 1. The highest BCUT2D eigenvalue weighted by atomic mass is 16.2. The van der Waals surface area contributed by atoms with Gasteiger partial charge in [0.15, 0.2) is 0 Å². The van der Waals surface area contributed by atoms with Gasteiger partial charge in [0.05, 0.1) is 5.69 Å². The number of nitrogens with one attached hydrogen (secondary N) is 1. The van der Waals surface area contributed by atoms with Gasteiger partial charge in [0.2, 0.25) is 5.91 Å². The first-order chi connectivity index (χ1) is 7.68. The van der Waals surface area contributed by atoms with Gasteiger partial charge in [-0.2, -0.15) is 0 Å². The van der Waals surface area contributed by atoms with Crippen LogP contribution in [0.2, 0.25) is 0 Å². The molecule has 1 aromatic rings. The highest BCUT2D eigenvalue weighted by Crippen LogP contribution is 2.25. The van der Waals surface area contributed by atoms with E-state index >= 15 is 0 Å². The number of hydrogen-bond acceptors (Lipinski definition) is 2. The Kier molecular flexibility index (Phi) is 3.08. The van der Waals surface area contributed by atoms with Crippen molar-refractivity contribution >= 4 is 17.4 Å². The van der Waals surface area contributed by atoms with Gasteiger partial charge in [-0.1, -0.05) is 0 Å². The summed E-state index contributed by atoms with van der Waals surface area (Å²) in [6, 6.07) is 1.87. The average molecular weight is 220 g/mol. The summed E-state index contributed by atoms with van der Waals surface area (Å²) in [6.45, 7) is 0. The molecular weight excluding hydrogens is 204 g/mol. The second-order valence-electron chi connectivity index (χ2n) is 4.28. The largest absolute Gasteiger partial charge is 0.366 e. The number of hydrogen-bond donors (Lipinski definition) is 1. The predicted molar refractivity (Wildman–Crippen MR) is 61.2 cm³/mol. The smallest absolute Gasteiger partial charge is 0.229 e. The number of H-pyrrole nitrogens is 1. The molecule has 1 N–H and O–H groups in total.